The van der Waals surface area contributed by atoms with Crippen LogP contribution in [0.2, 0.25) is 0 Å². The van der Waals surface area contributed by atoms with Crippen molar-refractivity contribution in [1.29, 1.82) is 5.26 Å². The van der Waals surface area contributed by atoms with Gasteiger partial charge in [-0.2, -0.15) is 5.26 Å². The fourth-order valence-electron chi connectivity index (χ4n) is 5.32. The number of hydrogen-bond acceptors (Lipinski definition) is 6. The molecule has 1 fully saturated rings. The Morgan fingerprint density at radius 1 is 1.24 bits per heavy atom. The molecule has 0 spiro atoms. The van der Waals surface area contributed by atoms with Crippen molar-refractivity contribution in [2.75, 3.05) is 11.1 Å². The van der Waals surface area contributed by atoms with Crippen molar-refractivity contribution in [3.05, 3.63) is 21.8 Å². The predicted molar refractivity (Wildman–Crippen MR) is 139 cm³/mol. The van der Waals surface area contributed by atoms with Crippen molar-refractivity contribution >= 4 is 34.0 Å². The Bertz CT molecular complexity index is 1050. The molecule has 0 aromatic carbocycles. The van der Waals surface area contributed by atoms with Gasteiger partial charge in [0.1, 0.15) is 16.9 Å². The number of rotatable bonds is 7. The van der Waals surface area contributed by atoms with Gasteiger partial charge in [0.2, 0.25) is 5.91 Å². The molecule has 2 aliphatic rings. The van der Waals surface area contributed by atoms with Crippen molar-refractivity contribution in [3.8, 4) is 6.07 Å². The van der Waals surface area contributed by atoms with Crippen molar-refractivity contribution in [3.63, 3.8) is 0 Å². The molecule has 0 bridgehead atoms. The third kappa shape index (κ3) is 5.85. The Hall–Kier alpha value is -1.85. The fourth-order valence-corrected chi connectivity index (χ4v) is 7.35. The molecule has 6 nitrogen and oxygen atoms in total. The normalized spacial score (nSPS) is 19.0. The number of amides is 1. The predicted octanol–water partition coefficient (Wildman–Crippen LogP) is 6.14. The summed E-state index contributed by atoms with van der Waals surface area (Å²) >= 11 is 2.99. The van der Waals surface area contributed by atoms with Gasteiger partial charge in [-0.25, -0.2) is 0 Å². The van der Waals surface area contributed by atoms with Crippen molar-refractivity contribution < 1.29 is 4.79 Å². The van der Waals surface area contributed by atoms with Crippen LogP contribution in [0.15, 0.2) is 5.16 Å². The number of nitrogens with one attached hydrogen (secondary N) is 1. The highest BCUT2D eigenvalue weighted by molar-refractivity contribution is 7.99. The molecule has 8 heteroatoms. The molecule has 0 radical (unpaired) electrons. The van der Waals surface area contributed by atoms with Gasteiger partial charge in [-0.3, -0.25) is 4.79 Å². The van der Waals surface area contributed by atoms with Crippen molar-refractivity contribution in [1.82, 2.24) is 14.8 Å². The van der Waals surface area contributed by atoms with Gasteiger partial charge < -0.3 is 9.88 Å². The first kappa shape index (κ1) is 25.2. The van der Waals surface area contributed by atoms with E-state index in [4.69, 9.17) is 0 Å². The third-order valence-corrected chi connectivity index (χ3v) is 9.80. The highest BCUT2D eigenvalue weighted by Crippen LogP contribution is 2.44. The third-order valence-electron chi connectivity index (χ3n) is 7.61. The van der Waals surface area contributed by atoms with Crippen LogP contribution >= 0.6 is 23.1 Å². The van der Waals surface area contributed by atoms with E-state index in [0.29, 0.717) is 16.5 Å². The first-order valence-corrected chi connectivity index (χ1v) is 14.4. The van der Waals surface area contributed by atoms with Crippen LogP contribution in [-0.2, 0) is 31.1 Å². The molecule has 0 aliphatic heterocycles. The zero-order valence-corrected chi connectivity index (χ0v) is 22.6. The van der Waals surface area contributed by atoms with Crippen LogP contribution in [0, 0.1) is 28.6 Å². The van der Waals surface area contributed by atoms with E-state index >= 15 is 0 Å². The molecule has 1 N–H and O–H groups in total. The quantitative estimate of drug-likeness (QED) is 0.462. The maximum absolute atomic E-state index is 12.7. The summed E-state index contributed by atoms with van der Waals surface area (Å²) in [4.78, 5) is 14.0. The van der Waals surface area contributed by atoms with E-state index in [-0.39, 0.29) is 17.1 Å². The van der Waals surface area contributed by atoms with E-state index < -0.39 is 0 Å². The van der Waals surface area contributed by atoms with E-state index in [1.54, 1.807) is 11.3 Å². The first-order valence-electron chi connectivity index (χ1n) is 12.6. The molecule has 34 heavy (non-hydrogen) atoms. The minimum Gasteiger partial charge on any atom is -0.316 e. The Labute approximate surface area is 211 Å². The molecule has 2 aliphatic carbocycles. The molecule has 4 rings (SSSR count). The molecule has 1 saturated carbocycles. The molecule has 2 aromatic rings. The van der Waals surface area contributed by atoms with Crippen LogP contribution in [0.3, 0.4) is 0 Å². The van der Waals surface area contributed by atoms with E-state index in [2.05, 4.69) is 42.4 Å². The molecule has 1 unspecified atom stereocenters. The lowest BCUT2D eigenvalue weighted by atomic mass is 9.72. The van der Waals surface area contributed by atoms with Crippen LogP contribution in [0.1, 0.15) is 87.5 Å². The number of thioether (sulfide) groups is 1. The lowest BCUT2D eigenvalue weighted by Gasteiger charge is -2.33. The van der Waals surface area contributed by atoms with E-state index in [9.17, 15) is 10.1 Å². The van der Waals surface area contributed by atoms with E-state index in [1.165, 1.54) is 55.2 Å². The number of fused-ring (bicyclic) bond motifs is 1. The summed E-state index contributed by atoms with van der Waals surface area (Å²) in [5, 5.41) is 23.0. The maximum Gasteiger partial charge on any atom is 0.235 e. The summed E-state index contributed by atoms with van der Waals surface area (Å²) in [5.74, 6) is 2.58. The number of hydrogen-bond donors (Lipinski definition) is 1. The van der Waals surface area contributed by atoms with Gasteiger partial charge in [-0.05, 0) is 48.5 Å². The lowest BCUT2D eigenvalue weighted by molar-refractivity contribution is -0.113. The topological polar surface area (TPSA) is 83.6 Å². The first-order chi connectivity index (χ1) is 16.3. The van der Waals surface area contributed by atoms with Crippen LogP contribution in [0.5, 0.6) is 0 Å². The molecule has 1 atom stereocenters. The van der Waals surface area contributed by atoms with E-state index in [1.807, 2.05) is 11.6 Å². The van der Waals surface area contributed by atoms with E-state index in [0.717, 1.165) is 48.1 Å². The van der Waals surface area contributed by atoms with Gasteiger partial charge >= 0.3 is 0 Å². The van der Waals surface area contributed by atoms with Gasteiger partial charge in [0.15, 0.2) is 5.16 Å². The Morgan fingerprint density at radius 3 is 2.71 bits per heavy atom. The number of aromatic nitrogens is 3. The summed E-state index contributed by atoms with van der Waals surface area (Å²) in [6, 6.07) is 2.35. The number of carbonyl (C=O) groups excluding carboxylic acids is 1. The highest BCUT2D eigenvalue weighted by Gasteiger charge is 2.32. The number of thiophene rings is 1. The Balaban J connectivity index is 1.33. The fraction of sp³-hybridized carbons (Fsp3) is 0.692. The molecule has 0 saturated heterocycles. The van der Waals surface area contributed by atoms with Gasteiger partial charge in [0, 0.05) is 18.3 Å². The number of anilines is 1. The van der Waals surface area contributed by atoms with Gasteiger partial charge in [0.25, 0.3) is 0 Å². The molecular weight excluding hydrogens is 462 g/mol. The molecular formula is C26H37N5OS2. The molecule has 184 valence electrons. The summed E-state index contributed by atoms with van der Waals surface area (Å²) in [5.41, 5.74) is 2.06. The smallest absolute Gasteiger partial charge is 0.235 e. The second-order valence-electron chi connectivity index (χ2n) is 11.0. The Morgan fingerprint density at radius 2 is 2.00 bits per heavy atom. The van der Waals surface area contributed by atoms with Gasteiger partial charge in [-0.1, -0.05) is 64.6 Å². The lowest BCUT2D eigenvalue weighted by Crippen LogP contribution is -2.26. The highest BCUT2D eigenvalue weighted by atomic mass is 32.2. The zero-order valence-electron chi connectivity index (χ0n) is 20.9. The summed E-state index contributed by atoms with van der Waals surface area (Å²) in [6.07, 6.45) is 11.9. The Kier molecular flexibility index (Phi) is 8.04. The number of nitrogens with zero attached hydrogens (tertiary/aromatic N) is 4. The molecule has 2 heterocycles. The molecule has 1 amide bonds. The minimum atomic E-state index is -0.0979. The van der Waals surface area contributed by atoms with Crippen LogP contribution < -0.4 is 5.32 Å². The van der Waals surface area contributed by atoms with Crippen molar-refractivity contribution in [2.45, 2.75) is 90.1 Å². The summed E-state index contributed by atoms with van der Waals surface area (Å²) < 4.78 is 2.03. The number of carbonyl (C=O) groups is 1. The average Bonchev–Trinajstić information content (AvgIpc) is 3.34. The van der Waals surface area contributed by atoms with Crippen LogP contribution in [0.25, 0.3) is 0 Å². The SMILES string of the molecule is Cn1c(CCC2CCCCC2)nnc1SCC(=O)Nc1sc2c(c1C#N)CCC(C(C)(C)C)C2. The summed E-state index contributed by atoms with van der Waals surface area (Å²) in [6.45, 7) is 6.86. The monoisotopic (exact) mass is 499 g/mol. The maximum atomic E-state index is 12.7. The average molecular weight is 500 g/mol. The van der Waals surface area contributed by atoms with Crippen LogP contribution in [0.4, 0.5) is 5.00 Å². The zero-order chi connectivity index (χ0) is 24.3. The second-order valence-corrected chi connectivity index (χ2v) is 13.0. The van der Waals surface area contributed by atoms with Crippen molar-refractivity contribution in [2.24, 2.45) is 24.3 Å². The second kappa shape index (κ2) is 10.8. The molecule has 2 aromatic heterocycles. The standard InChI is InChI=1S/C26H37N5OS2/c1-26(2,3)18-11-12-19-20(15-27)24(34-21(19)14-18)28-23(32)16-33-25-30-29-22(31(25)4)13-10-17-8-6-5-7-9-17/h17-18H,5-14,16H2,1-4H3,(H,28,32). The number of aryl methyl sites for hydroxylation is 1. The number of nitriles is 1. The van der Waals surface area contributed by atoms with Gasteiger partial charge in [0.05, 0.1) is 11.3 Å². The van der Waals surface area contributed by atoms with Gasteiger partial charge in [-0.15, -0.1) is 21.5 Å². The minimum absolute atomic E-state index is 0.0979. The van der Waals surface area contributed by atoms with Crippen LogP contribution in [-0.4, -0.2) is 26.4 Å². The largest absolute Gasteiger partial charge is 0.316 e. The summed E-state index contributed by atoms with van der Waals surface area (Å²) in [7, 11) is 1.99.